The molecule has 0 atom stereocenters. The summed E-state index contributed by atoms with van der Waals surface area (Å²) in [4.78, 5) is 4.57. The molecule has 0 aromatic heterocycles. The molecule has 3 heteroatoms. The lowest BCUT2D eigenvalue weighted by Gasteiger charge is -2.11. The van der Waals surface area contributed by atoms with E-state index in [-0.39, 0.29) is 5.72 Å². The molecule has 0 saturated heterocycles. The van der Waals surface area contributed by atoms with Gasteiger partial charge in [0.2, 0.25) is 0 Å². The van der Waals surface area contributed by atoms with Crippen molar-refractivity contribution in [3.05, 3.63) is 33.8 Å². The van der Waals surface area contributed by atoms with Gasteiger partial charge in [0.1, 0.15) is 0 Å². The van der Waals surface area contributed by atoms with Gasteiger partial charge in [0.05, 0.1) is 12.3 Å². The van der Waals surface area contributed by atoms with Crippen LogP contribution in [0.1, 0.15) is 25.0 Å². The highest BCUT2D eigenvalue weighted by molar-refractivity contribution is 9.10. The summed E-state index contributed by atoms with van der Waals surface area (Å²) in [6, 6.07) is 6.16. The van der Waals surface area contributed by atoms with Gasteiger partial charge in [-0.25, -0.2) is 0 Å². The van der Waals surface area contributed by atoms with E-state index in [2.05, 4.69) is 33.9 Å². The van der Waals surface area contributed by atoms with Crippen molar-refractivity contribution >= 4 is 21.6 Å². The lowest BCUT2D eigenvalue weighted by molar-refractivity contribution is 0.0327. The predicted molar refractivity (Wildman–Crippen MR) is 65.4 cm³/mol. The van der Waals surface area contributed by atoms with Crippen LogP contribution in [0.4, 0.5) is 0 Å². The molecular weight excluding hydrogens is 254 g/mol. The van der Waals surface area contributed by atoms with Crippen LogP contribution in [0.15, 0.2) is 27.7 Å². The van der Waals surface area contributed by atoms with E-state index < -0.39 is 0 Å². The van der Waals surface area contributed by atoms with Crippen LogP contribution in [0, 0.1) is 6.92 Å². The summed E-state index contributed by atoms with van der Waals surface area (Å²) in [7, 11) is 0. The third-order valence-electron chi connectivity index (χ3n) is 2.54. The number of ether oxygens (including phenoxy) is 1. The molecule has 2 rings (SSSR count). The van der Waals surface area contributed by atoms with Gasteiger partial charge in [0.15, 0.2) is 5.72 Å². The van der Waals surface area contributed by atoms with Crippen molar-refractivity contribution in [2.75, 3.05) is 6.61 Å². The number of benzene rings is 1. The normalized spacial score (nSPS) is 19.1. The monoisotopic (exact) mass is 267 g/mol. The Kier molecular flexibility index (Phi) is 2.69. The van der Waals surface area contributed by atoms with Crippen LogP contribution in [0.5, 0.6) is 0 Å². The first-order valence-corrected chi connectivity index (χ1v) is 5.77. The van der Waals surface area contributed by atoms with Gasteiger partial charge in [0.25, 0.3) is 0 Å². The zero-order valence-electron chi connectivity index (χ0n) is 9.17. The van der Waals surface area contributed by atoms with Gasteiger partial charge in [0, 0.05) is 10.0 Å². The van der Waals surface area contributed by atoms with E-state index in [0.717, 1.165) is 10.2 Å². The van der Waals surface area contributed by atoms with Crippen LogP contribution in [0.25, 0.3) is 0 Å². The predicted octanol–water partition coefficient (Wildman–Crippen LogP) is 3.31. The lowest BCUT2D eigenvalue weighted by atomic mass is 10.0. The number of rotatable bonds is 1. The number of hydrogen-bond donors (Lipinski definition) is 0. The number of aliphatic imine (C=N–C) groups is 1. The molecule has 0 spiro atoms. The molecule has 0 saturated carbocycles. The van der Waals surface area contributed by atoms with E-state index in [0.29, 0.717) is 6.61 Å². The largest absolute Gasteiger partial charge is 0.348 e. The standard InChI is InChI=1S/C12H14BrNO/c1-8-9(5-4-6-10(8)13)11-7-15-12(2,3)14-11/h4-6H,7H2,1-3H3. The van der Waals surface area contributed by atoms with Crippen molar-refractivity contribution in [2.24, 2.45) is 4.99 Å². The molecule has 2 nitrogen and oxygen atoms in total. The van der Waals surface area contributed by atoms with E-state index >= 15 is 0 Å². The summed E-state index contributed by atoms with van der Waals surface area (Å²) < 4.78 is 6.70. The topological polar surface area (TPSA) is 21.6 Å². The molecule has 1 heterocycles. The Labute approximate surface area is 98.5 Å². The molecule has 0 amide bonds. The van der Waals surface area contributed by atoms with Crippen LogP contribution >= 0.6 is 15.9 Å². The van der Waals surface area contributed by atoms with Crippen molar-refractivity contribution in [1.29, 1.82) is 0 Å². The maximum atomic E-state index is 5.58. The van der Waals surface area contributed by atoms with Gasteiger partial charge in [-0.05, 0) is 32.4 Å². The van der Waals surface area contributed by atoms with Crippen molar-refractivity contribution < 1.29 is 4.74 Å². The maximum absolute atomic E-state index is 5.58. The first-order valence-electron chi connectivity index (χ1n) is 4.98. The van der Waals surface area contributed by atoms with Gasteiger partial charge in [-0.2, -0.15) is 0 Å². The summed E-state index contributed by atoms with van der Waals surface area (Å²) in [5.74, 6) is 0. The number of hydrogen-bond acceptors (Lipinski definition) is 2. The summed E-state index contributed by atoms with van der Waals surface area (Å²) >= 11 is 3.53. The Bertz CT molecular complexity index is 424. The Morgan fingerprint density at radius 3 is 2.73 bits per heavy atom. The first-order chi connectivity index (χ1) is 6.99. The Morgan fingerprint density at radius 1 is 1.40 bits per heavy atom. The number of nitrogens with zero attached hydrogens (tertiary/aromatic N) is 1. The Hall–Kier alpha value is -0.670. The van der Waals surface area contributed by atoms with E-state index in [1.54, 1.807) is 0 Å². The fourth-order valence-electron chi connectivity index (χ4n) is 1.69. The van der Waals surface area contributed by atoms with Crippen molar-refractivity contribution in [3.8, 4) is 0 Å². The van der Waals surface area contributed by atoms with E-state index in [9.17, 15) is 0 Å². The molecule has 0 unspecified atom stereocenters. The van der Waals surface area contributed by atoms with Crippen LogP contribution < -0.4 is 0 Å². The first kappa shape index (κ1) is 10.8. The van der Waals surface area contributed by atoms with Gasteiger partial charge >= 0.3 is 0 Å². The highest BCUT2D eigenvalue weighted by Crippen LogP contribution is 2.25. The van der Waals surface area contributed by atoms with Crippen molar-refractivity contribution in [1.82, 2.24) is 0 Å². The van der Waals surface area contributed by atoms with Gasteiger partial charge in [-0.15, -0.1) is 0 Å². The quantitative estimate of drug-likeness (QED) is 0.765. The van der Waals surface area contributed by atoms with Gasteiger partial charge < -0.3 is 4.74 Å². The van der Waals surface area contributed by atoms with Gasteiger partial charge in [-0.1, -0.05) is 28.1 Å². The summed E-state index contributed by atoms with van der Waals surface area (Å²) in [6.07, 6.45) is 0. The molecule has 15 heavy (non-hydrogen) atoms. The molecule has 0 radical (unpaired) electrons. The molecule has 1 aromatic carbocycles. The molecular formula is C12H14BrNO. The van der Waals surface area contributed by atoms with Crippen LogP contribution in [-0.2, 0) is 4.74 Å². The molecule has 1 aliphatic rings. The smallest absolute Gasteiger partial charge is 0.154 e. The average molecular weight is 268 g/mol. The minimum Gasteiger partial charge on any atom is -0.348 e. The molecule has 1 aliphatic heterocycles. The molecule has 0 N–H and O–H groups in total. The molecule has 80 valence electrons. The summed E-state index contributed by atoms with van der Waals surface area (Å²) in [6.45, 7) is 6.65. The van der Waals surface area contributed by atoms with Crippen LogP contribution in [-0.4, -0.2) is 18.0 Å². The fraction of sp³-hybridized carbons (Fsp3) is 0.417. The van der Waals surface area contributed by atoms with E-state index in [1.807, 2.05) is 26.0 Å². The highest BCUT2D eigenvalue weighted by atomic mass is 79.9. The third kappa shape index (κ3) is 2.13. The van der Waals surface area contributed by atoms with Crippen molar-refractivity contribution in [2.45, 2.75) is 26.5 Å². The lowest BCUT2D eigenvalue weighted by Crippen LogP contribution is -2.15. The third-order valence-corrected chi connectivity index (χ3v) is 3.40. The van der Waals surface area contributed by atoms with Crippen LogP contribution in [0.3, 0.4) is 0 Å². The Morgan fingerprint density at radius 2 is 2.13 bits per heavy atom. The van der Waals surface area contributed by atoms with E-state index in [1.165, 1.54) is 11.1 Å². The second-order valence-corrected chi connectivity index (χ2v) is 5.06. The van der Waals surface area contributed by atoms with Crippen LogP contribution in [0.2, 0.25) is 0 Å². The van der Waals surface area contributed by atoms with E-state index in [4.69, 9.17) is 4.74 Å². The Balaban J connectivity index is 2.44. The molecule has 0 aliphatic carbocycles. The minimum atomic E-state index is -0.371. The molecule has 0 fully saturated rings. The minimum absolute atomic E-state index is 0.371. The molecule has 1 aromatic rings. The highest BCUT2D eigenvalue weighted by Gasteiger charge is 2.26. The average Bonchev–Trinajstić information content (AvgIpc) is 2.51. The zero-order chi connectivity index (χ0) is 11.1. The van der Waals surface area contributed by atoms with Gasteiger partial charge in [-0.3, -0.25) is 4.99 Å². The second kappa shape index (κ2) is 3.72. The SMILES string of the molecule is Cc1c(Br)cccc1C1=NC(C)(C)OC1. The summed E-state index contributed by atoms with van der Waals surface area (Å²) in [5.41, 5.74) is 3.07. The maximum Gasteiger partial charge on any atom is 0.154 e. The molecule has 0 bridgehead atoms. The fourth-order valence-corrected chi connectivity index (χ4v) is 2.06. The summed E-state index contributed by atoms with van der Waals surface area (Å²) in [5, 5.41) is 0. The van der Waals surface area contributed by atoms with Crippen molar-refractivity contribution in [3.63, 3.8) is 0 Å². The zero-order valence-corrected chi connectivity index (χ0v) is 10.8. The number of halogens is 1. The second-order valence-electron chi connectivity index (χ2n) is 4.21.